The first kappa shape index (κ1) is 30.9. The first-order valence-corrected chi connectivity index (χ1v) is 14.7. The molecule has 0 bridgehead atoms. The molecule has 8 nitrogen and oxygen atoms in total. The Morgan fingerprint density at radius 3 is 1.52 bits per heavy atom. The molecule has 8 heteroatoms. The van der Waals surface area contributed by atoms with E-state index in [9.17, 15) is 30.0 Å². The molecule has 4 N–H and O–H groups in total. The van der Waals surface area contributed by atoms with E-state index >= 15 is 0 Å². The van der Waals surface area contributed by atoms with Crippen molar-refractivity contribution in [3.8, 4) is 11.5 Å². The van der Waals surface area contributed by atoms with Crippen LogP contribution in [0.3, 0.4) is 0 Å². The summed E-state index contributed by atoms with van der Waals surface area (Å²) in [4.78, 5) is 30.5. The maximum atomic E-state index is 13.2. The lowest BCUT2D eigenvalue weighted by Crippen LogP contribution is -2.30. The Bertz CT molecular complexity index is 1200. The third-order valence-electron chi connectivity index (χ3n) is 7.43. The summed E-state index contributed by atoms with van der Waals surface area (Å²) in [6, 6.07) is 2.97. The molecule has 1 aromatic carbocycles. The van der Waals surface area contributed by atoms with Gasteiger partial charge in [0.25, 0.3) is 0 Å². The molecular formula is C32H44N2O6. The van der Waals surface area contributed by atoms with Gasteiger partial charge in [0.1, 0.15) is 23.0 Å². The molecule has 0 unspecified atom stereocenters. The number of aliphatic hydroxyl groups excluding tert-OH is 2. The highest BCUT2D eigenvalue weighted by Gasteiger charge is 2.42. The van der Waals surface area contributed by atoms with Crippen LogP contribution in [0, 0.1) is 0 Å². The van der Waals surface area contributed by atoms with Gasteiger partial charge in [-0.1, -0.05) is 53.4 Å². The van der Waals surface area contributed by atoms with E-state index in [1.54, 1.807) is 0 Å². The van der Waals surface area contributed by atoms with Crippen LogP contribution >= 0.6 is 0 Å². The number of Topliss-reactive ketones (excluding diaryl/α,β-unsaturated/α-hetero) is 1. The lowest BCUT2D eigenvalue weighted by atomic mass is 9.78. The van der Waals surface area contributed by atoms with Gasteiger partial charge in [0.2, 0.25) is 5.78 Å². The number of rotatable bonds is 15. The van der Waals surface area contributed by atoms with Gasteiger partial charge < -0.3 is 30.2 Å². The normalized spacial score (nSPS) is 17.1. The molecule has 3 rings (SSSR count). The summed E-state index contributed by atoms with van der Waals surface area (Å²) in [5.74, 6) is -2.91. The molecule has 0 saturated carbocycles. The molecule has 0 radical (unpaired) electrons. The zero-order valence-electron chi connectivity index (χ0n) is 24.3. The van der Waals surface area contributed by atoms with Gasteiger partial charge >= 0.3 is 0 Å². The molecule has 2 aliphatic carbocycles. The second-order valence-electron chi connectivity index (χ2n) is 10.5. The molecule has 0 fully saturated rings. The van der Waals surface area contributed by atoms with Gasteiger partial charge in [-0.25, -0.2) is 0 Å². The van der Waals surface area contributed by atoms with Crippen LogP contribution in [0.4, 0.5) is 5.69 Å². The predicted molar refractivity (Wildman–Crippen MR) is 159 cm³/mol. The number of carbonyl (C=O) groups excluding carboxylic acids is 2. The summed E-state index contributed by atoms with van der Waals surface area (Å²) in [6.07, 6.45) is 10.6. The van der Waals surface area contributed by atoms with Crippen LogP contribution < -0.4 is 4.90 Å². The number of nitrogens with zero attached hydrogens (tertiary/aromatic N) is 2. The molecule has 218 valence electrons. The molecule has 0 aliphatic heterocycles. The quantitative estimate of drug-likeness (QED) is 0.183. The Morgan fingerprint density at radius 1 is 0.625 bits per heavy atom. The van der Waals surface area contributed by atoms with Crippen molar-refractivity contribution in [2.45, 2.75) is 79.1 Å². The van der Waals surface area contributed by atoms with Crippen LogP contribution in [0.2, 0.25) is 0 Å². The number of aliphatic hydroxyl groups is 2. The SMILES string of the molecule is CCCCN(CCCC)C1=CC(=O)/C(=C2/C(=O)C(c3c(O)cc(N(CCCC)CCCC)cc3O)=C2O)C(O)=C1. The van der Waals surface area contributed by atoms with Crippen LogP contribution in [0.15, 0.2) is 52.6 Å². The van der Waals surface area contributed by atoms with Crippen molar-refractivity contribution in [3.63, 3.8) is 0 Å². The largest absolute Gasteiger partial charge is 0.507 e. The minimum Gasteiger partial charge on any atom is -0.507 e. The number of phenols is 2. The first-order chi connectivity index (χ1) is 19.2. The minimum atomic E-state index is -0.723. The fraction of sp³-hybridized carbons (Fsp3) is 0.500. The molecule has 1 aromatic rings. The topological polar surface area (TPSA) is 122 Å². The third-order valence-corrected chi connectivity index (χ3v) is 7.43. The van der Waals surface area contributed by atoms with Crippen molar-refractivity contribution in [2.75, 3.05) is 31.1 Å². The van der Waals surface area contributed by atoms with Gasteiger partial charge in [-0.05, 0) is 25.7 Å². The standard InChI is InChI=1S/C32H44N2O6/c1-5-9-13-33(14-10-6-2)21-17-23(35)27(24(36)18-21)29-31(39)30(32(29)40)28-25(37)19-22(20-26(28)38)34(15-11-7-3)16-12-8-4/h17-20,35-37,39H,5-16H2,1-4H3/b30-28+. The third kappa shape index (κ3) is 6.54. The summed E-state index contributed by atoms with van der Waals surface area (Å²) < 4.78 is 0. The Kier molecular flexibility index (Phi) is 10.9. The highest BCUT2D eigenvalue weighted by molar-refractivity contribution is 6.42. The number of anilines is 1. The number of aromatic hydroxyl groups is 2. The summed E-state index contributed by atoms with van der Waals surface area (Å²) >= 11 is 0. The highest BCUT2D eigenvalue weighted by Crippen LogP contribution is 2.47. The van der Waals surface area contributed by atoms with Gasteiger partial charge in [-0.15, -0.1) is 0 Å². The zero-order chi connectivity index (χ0) is 29.4. The monoisotopic (exact) mass is 552 g/mol. The Morgan fingerprint density at radius 2 is 1.10 bits per heavy atom. The maximum absolute atomic E-state index is 13.2. The second-order valence-corrected chi connectivity index (χ2v) is 10.5. The smallest absolute Gasteiger partial charge is 0.202 e. The maximum Gasteiger partial charge on any atom is 0.202 e. The van der Waals surface area contributed by atoms with Crippen molar-refractivity contribution in [1.82, 2.24) is 4.90 Å². The number of unbranched alkanes of at least 4 members (excludes halogenated alkanes) is 4. The molecule has 0 aromatic heterocycles. The number of benzene rings is 1. The van der Waals surface area contributed by atoms with Crippen molar-refractivity contribution >= 4 is 22.8 Å². The summed E-state index contributed by atoms with van der Waals surface area (Å²) in [5.41, 5.74) is 0.152. The summed E-state index contributed by atoms with van der Waals surface area (Å²) in [7, 11) is 0. The van der Waals surface area contributed by atoms with E-state index in [0.29, 0.717) is 11.4 Å². The van der Waals surface area contributed by atoms with Crippen molar-refractivity contribution < 1.29 is 30.0 Å². The number of hydrogen-bond donors (Lipinski definition) is 4. The fourth-order valence-electron chi connectivity index (χ4n) is 5.06. The molecular weight excluding hydrogens is 508 g/mol. The molecule has 2 aliphatic rings. The van der Waals surface area contributed by atoms with Crippen LogP contribution in [-0.2, 0) is 9.59 Å². The molecule has 0 amide bonds. The second kappa shape index (κ2) is 14.1. The number of allylic oxidation sites excluding steroid dienone is 5. The molecule has 40 heavy (non-hydrogen) atoms. The molecule has 0 saturated heterocycles. The Balaban J connectivity index is 1.96. The van der Waals surface area contributed by atoms with Gasteiger partial charge in [-0.2, -0.15) is 0 Å². The highest BCUT2D eigenvalue weighted by atomic mass is 16.3. The van der Waals surface area contributed by atoms with Gasteiger partial charge in [0, 0.05) is 61.8 Å². The number of phenolic OH excluding ortho intramolecular Hbond substituents is 2. The van der Waals surface area contributed by atoms with E-state index in [1.165, 1.54) is 24.3 Å². The molecule has 0 atom stereocenters. The minimum absolute atomic E-state index is 0.185. The van der Waals surface area contributed by atoms with Gasteiger partial charge in [0.15, 0.2) is 5.78 Å². The number of carbonyl (C=O) groups is 2. The lowest BCUT2D eigenvalue weighted by molar-refractivity contribution is -0.114. The fourth-order valence-corrected chi connectivity index (χ4v) is 5.06. The van der Waals surface area contributed by atoms with Crippen LogP contribution in [-0.4, -0.2) is 63.1 Å². The van der Waals surface area contributed by atoms with Crippen LogP contribution in [0.1, 0.15) is 84.6 Å². The molecule has 0 spiro atoms. The van der Waals surface area contributed by atoms with Gasteiger partial charge in [0.05, 0.1) is 22.3 Å². The molecule has 0 heterocycles. The zero-order valence-corrected chi connectivity index (χ0v) is 24.3. The number of hydrogen-bond acceptors (Lipinski definition) is 8. The van der Waals surface area contributed by atoms with E-state index in [-0.39, 0.29) is 39.5 Å². The van der Waals surface area contributed by atoms with E-state index in [4.69, 9.17) is 0 Å². The average Bonchev–Trinajstić information content (AvgIpc) is 2.92. The summed E-state index contributed by atoms with van der Waals surface area (Å²) in [5, 5.41) is 43.4. The van der Waals surface area contributed by atoms with Crippen molar-refractivity contribution in [3.05, 3.63) is 58.2 Å². The van der Waals surface area contributed by atoms with E-state index < -0.39 is 17.3 Å². The Hall–Kier alpha value is -3.68. The predicted octanol–water partition coefficient (Wildman–Crippen LogP) is 6.46. The van der Waals surface area contributed by atoms with Crippen molar-refractivity contribution in [2.24, 2.45) is 0 Å². The van der Waals surface area contributed by atoms with Crippen LogP contribution in [0.25, 0.3) is 5.57 Å². The first-order valence-electron chi connectivity index (χ1n) is 14.7. The lowest BCUT2D eigenvalue weighted by Gasteiger charge is -2.30. The summed E-state index contributed by atoms with van der Waals surface area (Å²) in [6.45, 7) is 11.3. The average molecular weight is 553 g/mol. The van der Waals surface area contributed by atoms with Crippen LogP contribution in [0.5, 0.6) is 11.5 Å². The van der Waals surface area contributed by atoms with E-state index in [1.807, 2.05) is 4.90 Å². The van der Waals surface area contributed by atoms with Crippen molar-refractivity contribution in [1.29, 1.82) is 0 Å². The van der Waals surface area contributed by atoms with E-state index in [2.05, 4.69) is 32.6 Å². The van der Waals surface area contributed by atoms with E-state index in [0.717, 1.165) is 77.5 Å². The Labute approximate surface area is 237 Å². The number of ketones is 2. The van der Waals surface area contributed by atoms with Gasteiger partial charge in [-0.3, -0.25) is 9.59 Å².